The number of nitrogens with one attached hydrogen (secondary N) is 1. The lowest BCUT2D eigenvalue weighted by Crippen LogP contribution is -2.35. The summed E-state index contributed by atoms with van der Waals surface area (Å²) in [6.07, 6.45) is 0. The first-order chi connectivity index (χ1) is 15.8. The summed E-state index contributed by atoms with van der Waals surface area (Å²) in [6, 6.07) is 19.8. The van der Waals surface area contributed by atoms with Crippen LogP contribution in [0.2, 0.25) is 0 Å². The van der Waals surface area contributed by atoms with Crippen LogP contribution < -0.4 is 4.31 Å². The number of rotatable bonds is 6. The molecule has 2 N–H and O–H groups in total. The molecule has 0 saturated carbocycles. The Morgan fingerprint density at radius 3 is 2.45 bits per heavy atom. The van der Waals surface area contributed by atoms with Gasteiger partial charge in [-0.3, -0.25) is 9.10 Å². The highest BCUT2D eigenvalue weighted by molar-refractivity contribution is 14.1. The Kier molecular flexibility index (Phi) is 6.81. The van der Waals surface area contributed by atoms with E-state index in [1.54, 1.807) is 60.7 Å². The van der Waals surface area contributed by atoms with Crippen molar-refractivity contribution < 1.29 is 18.3 Å². The van der Waals surface area contributed by atoms with Gasteiger partial charge in [-0.15, -0.1) is 10.2 Å². The Balaban J connectivity index is 1.67. The fourth-order valence-electron chi connectivity index (χ4n) is 3.14. The Bertz CT molecular complexity index is 1460. The van der Waals surface area contributed by atoms with Crippen molar-refractivity contribution in [1.29, 1.82) is 0 Å². The molecule has 8 nitrogen and oxygen atoms in total. The zero-order chi connectivity index (χ0) is 23.6. The highest BCUT2D eigenvalue weighted by atomic mass is 127. The van der Waals surface area contributed by atoms with Gasteiger partial charge in [0.1, 0.15) is 6.54 Å². The van der Waals surface area contributed by atoms with Crippen molar-refractivity contribution in [3.63, 3.8) is 0 Å². The lowest BCUT2D eigenvalue weighted by Gasteiger charge is -2.23. The van der Waals surface area contributed by atoms with Crippen LogP contribution in [0.1, 0.15) is 0 Å². The monoisotopic (exact) mass is 638 g/mol. The second-order valence-electron chi connectivity index (χ2n) is 6.91. The van der Waals surface area contributed by atoms with Crippen molar-refractivity contribution in [2.24, 2.45) is 10.2 Å². The Morgan fingerprint density at radius 1 is 1.06 bits per heavy atom. The smallest absolute Gasteiger partial charge is 0.285 e. The van der Waals surface area contributed by atoms with Crippen LogP contribution in [-0.2, 0) is 14.8 Å². The number of fused-ring (bicyclic) bond motifs is 1. The van der Waals surface area contributed by atoms with E-state index in [1.165, 1.54) is 12.1 Å². The van der Waals surface area contributed by atoms with E-state index in [0.717, 1.165) is 12.3 Å². The quantitative estimate of drug-likeness (QED) is 0.207. The minimum Gasteiger partial charge on any atom is -0.493 e. The molecule has 4 aromatic rings. The molecule has 0 unspecified atom stereocenters. The molecule has 33 heavy (non-hydrogen) atoms. The molecule has 4 rings (SSSR count). The summed E-state index contributed by atoms with van der Waals surface area (Å²) in [6.45, 7) is -0.561. The van der Waals surface area contributed by atoms with E-state index >= 15 is 0 Å². The number of azo groups is 1. The van der Waals surface area contributed by atoms with Gasteiger partial charge in [0, 0.05) is 13.4 Å². The average Bonchev–Trinajstić information content (AvgIpc) is 3.11. The number of halogens is 2. The van der Waals surface area contributed by atoms with Crippen LogP contribution in [0.5, 0.6) is 5.88 Å². The Labute approximate surface area is 211 Å². The van der Waals surface area contributed by atoms with Gasteiger partial charge in [0.15, 0.2) is 5.69 Å². The number of nitrogens with zero attached hydrogens (tertiary/aromatic N) is 3. The third-order valence-electron chi connectivity index (χ3n) is 4.70. The lowest BCUT2D eigenvalue weighted by molar-refractivity contribution is -0.116. The largest absolute Gasteiger partial charge is 0.493 e. The van der Waals surface area contributed by atoms with Crippen molar-refractivity contribution in [2.75, 3.05) is 10.8 Å². The Hall–Kier alpha value is -2.77. The molecule has 0 spiro atoms. The van der Waals surface area contributed by atoms with Crippen molar-refractivity contribution in [1.82, 2.24) is 4.98 Å². The van der Waals surface area contributed by atoms with E-state index in [1.807, 2.05) is 0 Å². The van der Waals surface area contributed by atoms with Crippen molar-refractivity contribution >= 4 is 76.7 Å². The SMILES string of the molecule is O=C(CN(c1ccc(I)cc1)S(=O)(=O)c1ccccc1)N=Nc1c(O)[nH]c2ccc(Br)cc12. The van der Waals surface area contributed by atoms with Gasteiger partial charge < -0.3 is 10.1 Å². The summed E-state index contributed by atoms with van der Waals surface area (Å²) < 4.78 is 29.3. The van der Waals surface area contributed by atoms with Gasteiger partial charge >= 0.3 is 0 Å². The van der Waals surface area contributed by atoms with Crippen molar-refractivity contribution in [2.45, 2.75) is 4.90 Å². The van der Waals surface area contributed by atoms with Crippen LogP contribution in [-0.4, -0.2) is 31.0 Å². The van der Waals surface area contributed by atoms with Crippen LogP contribution in [0.25, 0.3) is 10.9 Å². The summed E-state index contributed by atoms with van der Waals surface area (Å²) in [5.41, 5.74) is 1.03. The number of carbonyl (C=O) groups excluding carboxylic acids is 1. The van der Waals surface area contributed by atoms with Crippen LogP contribution in [0, 0.1) is 3.57 Å². The number of amides is 1. The summed E-state index contributed by atoms with van der Waals surface area (Å²) in [5.74, 6) is -1.04. The number of H-pyrrole nitrogens is 1. The topological polar surface area (TPSA) is 115 Å². The number of hydrogen-bond acceptors (Lipinski definition) is 5. The fraction of sp³-hybridized carbons (Fsp3) is 0.0455. The molecule has 168 valence electrons. The number of benzene rings is 3. The van der Waals surface area contributed by atoms with E-state index in [2.05, 4.69) is 53.7 Å². The number of anilines is 1. The highest BCUT2D eigenvalue weighted by Crippen LogP contribution is 2.37. The van der Waals surface area contributed by atoms with Crippen LogP contribution in [0.3, 0.4) is 0 Å². The van der Waals surface area contributed by atoms with Gasteiger partial charge in [0.25, 0.3) is 15.9 Å². The molecule has 1 aromatic heterocycles. The van der Waals surface area contributed by atoms with E-state index in [0.29, 0.717) is 16.6 Å². The molecule has 0 saturated heterocycles. The van der Waals surface area contributed by atoms with E-state index < -0.39 is 22.5 Å². The first kappa shape index (κ1) is 23.4. The summed E-state index contributed by atoms with van der Waals surface area (Å²) in [4.78, 5) is 15.5. The third-order valence-corrected chi connectivity index (χ3v) is 7.70. The molecule has 3 aromatic carbocycles. The molecule has 0 aliphatic rings. The molecular weight excluding hydrogens is 623 g/mol. The zero-order valence-corrected chi connectivity index (χ0v) is 21.4. The predicted molar refractivity (Wildman–Crippen MR) is 137 cm³/mol. The van der Waals surface area contributed by atoms with E-state index in [4.69, 9.17) is 0 Å². The van der Waals surface area contributed by atoms with Gasteiger partial charge in [0.2, 0.25) is 5.88 Å². The number of hydrogen-bond donors (Lipinski definition) is 2. The second-order valence-corrected chi connectivity index (χ2v) is 10.9. The van der Waals surface area contributed by atoms with Crippen molar-refractivity contribution in [3.8, 4) is 5.88 Å². The normalized spacial score (nSPS) is 11.8. The summed E-state index contributed by atoms with van der Waals surface area (Å²) >= 11 is 5.47. The molecule has 0 fully saturated rings. The second kappa shape index (κ2) is 9.61. The molecule has 0 aliphatic carbocycles. The zero-order valence-electron chi connectivity index (χ0n) is 16.8. The molecule has 0 aliphatic heterocycles. The van der Waals surface area contributed by atoms with Gasteiger partial charge in [-0.05, 0) is 77.2 Å². The minimum atomic E-state index is -4.04. The number of aromatic amines is 1. The molecule has 0 bridgehead atoms. The summed E-state index contributed by atoms with van der Waals surface area (Å²) in [7, 11) is -4.04. The Morgan fingerprint density at radius 2 is 1.76 bits per heavy atom. The maximum absolute atomic E-state index is 13.3. The molecule has 0 radical (unpaired) electrons. The average molecular weight is 639 g/mol. The molecular formula is C22H16BrIN4O4S. The van der Waals surface area contributed by atoms with Crippen LogP contribution in [0.4, 0.5) is 11.4 Å². The molecule has 1 heterocycles. The first-order valence-electron chi connectivity index (χ1n) is 9.54. The number of sulfonamides is 1. The number of aromatic nitrogens is 1. The van der Waals surface area contributed by atoms with Crippen LogP contribution >= 0.6 is 38.5 Å². The fourth-order valence-corrected chi connectivity index (χ4v) is 5.30. The van der Waals surface area contributed by atoms with E-state index in [9.17, 15) is 18.3 Å². The van der Waals surface area contributed by atoms with Gasteiger partial charge in [-0.25, -0.2) is 8.42 Å². The van der Waals surface area contributed by atoms with Gasteiger partial charge in [-0.1, -0.05) is 34.1 Å². The van der Waals surface area contributed by atoms with Gasteiger partial charge in [-0.2, -0.15) is 0 Å². The predicted octanol–water partition coefficient (Wildman–Crippen LogP) is 5.75. The van der Waals surface area contributed by atoms with E-state index in [-0.39, 0.29) is 16.5 Å². The molecule has 1 amide bonds. The standard InChI is InChI=1S/C22H16BrIN4O4S/c23-14-6-11-19-18(12-14)21(22(30)25-19)27-26-20(29)13-28(16-9-7-15(24)8-10-16)33(31,32)17-4-2-1-3-5-17/h1-12,25,30H,13H2. The molecule has 0 atom stereocenters. The van der Waals surface area contributed by atoms with Crippen molar-refractivity contribution in [3.05, 3.63) is 80.8 Å². The third kappa shape index (κ3) is 5.09. The maximum Gasteiger partial charge on any atom is 0.285 e. The maximum atomic E-state index is 13.3. The van der Waals surface area contributed by atoms with Crippen LogP contribution in [0.15, 0.2) is 92.4 Å². The number of aromatic hydroxyl groups is 1. The summed E-state index contributed by atoms with van der Waals surface area (Å²) in [5, 5.41) is 18.3. The van der Waals surface area contributed by atoms with Gasteiger partial charge in [0.05, 0.1) is 16.1 Å². The minimum absolute atomic E-state index is 0.0485. The lowest BCUT2D eigenvalue weighted by atomic mass is 10.2. The number of carbonyl (C=O) groups is 1. The first-order valence-corrected chi connectivity index (χ1v) is 12.8. The highest BCUT2D eigenvalue weighted by Gasteiger charge is 2.27. The molecule has 11 heteroatoms.